The lowest BCUT2D eigenvalue weighted by molar-refractivity contribution is 0.515. The van der Waals surface area contributed by atoms with Gasteiger partial charge in [-0.2, -0.15) is 16.6 Å². The molecule has 17 heavy (non-hydrogen) atoms. The Bertz CT molecular complexity index is 334. The van der Waals surface area contributed by atoms with Crippen LogP contribution in [0.25, 0.3) is 0 Å². The van der Waals surface area contributed by atoms with Gasteiger partial charge in [0.1, 0.15) is 0 Å². The largest absolute Gasteiger partial charge is 0.327 e. The number of nitrogens with two attached hydrogens (primary N) is 1. The van der Waals surface area contributed by atoms with E-state index in [9.17, 15) is 0 Å². The minimum absolute atomic E-state index is 0.145. The SMILES string of the molecule is Cn1nnc(CC(N)CSC2CCCCC2)n1. The lowest BCUT2D eigenvalue weighted by atomic mass is 10.0. The number of aromatic nitrogens is 4. The molecule has 96 valence electrons. The van der Waals surface area contributed by atoms with E-state index in [1.807, 2.05) is 11.8 Å². The third kappa shape index (κ3) is 4.27. The summed E-state index contributed by atoms with van der Waals surface area (Å²) in [6, 6.07) is 0.145. The molecule has 0 amide bonds. The summed E-state index contributed by atoms with van der Waals surface area (Å²) in [4.78, 5) is 1.48. The summed E-state index contributed by atoms with van der Waals surface area (Å²) < 4.78 is 0. The molecule has 1 atom stereocenters. The Kier molecular flexibility index (Phi) is 4.79. The first-order valence-electron chi connectivity index (χ1n) is 6.34. The smallest absolute Gasteiger partial charge is 0.176 e. The summed E-state index contributed by atoms with van der Waals surface area (Å²) in [5, 5.41) is 12.8. The number of thioether (sulfide) groups is 1. The first-order valence-corrected chi connectivity index (χ1v) is 7.39. The van der Waals surface area contributed by atoms with E-state index in [2.05, 4.69) is 15.4 Å². The predicted molar refractivity (Wildman–Crippen MR) is 69.8 cm³/mol. The summed E-state index contributed by atoms with van der Waals surface area (Å²) in [5.41, 5.74) is 6.09. The molecule has 0 spiro atoms. The number of hydrogen-bond donors (Lipinski definition) is 1. The van der Waals surface area contributed by atoms with E-state index in [1.165, 1.54) is 36.9 Å². The summed E-state index contributed by atoms with van der Waals surface area (Å²) >= 11 is 2.02. The molecule has 1 fully saturated rings. The highest BCUT2D eigenvalue weighted by atomic mass is 32.2. The minimum Gasteiger partial charge on any atom is -0.327 e. The Labute approximate surface area is 107 Å². The molecule has 1 unspecified atom stereocenters. The summed E-state index contributed by atoms with van der Waals surface area (Å²) in [6.07, 6.45) is 7.64. The van der Waals surface area contributed by atoms with Gasteiger partial charge in [-0.05, 0) is 18.1 Å². The molecule has 1 saturated carbocycles. The molecule has 0 radical (unpaired) electrons. The van der Waals surface area contributed by atoms with Gasteiger partial charge in [0.15, 0.2) is 5.82 Å². The molecule has 1 aromatic heterocycles. The standard InChI is InChI=1S/C11H21N5S/c1-16-14-11(13-15-16)7-9(12)8-17-10-5-3-2-4-6-10/h9-10H,2-8,12H2,1H3. The second kappa shape index (κ2) is 6.35. The Morgan fingerprint density at radius 2 is 2.18 bits per heavy atom. The van der Waals surface area contributed by atoms with Gasteiger partial charge in [0.2, 0.25) is 0 Å². The fourth-order valence-corrected chi connectivity index (χ4v) is 3.49. The number of hydrogen-bond acceptors (Lipinski definition) is 5. The third-order valence-corrected chi connectivity index (χ3v) is 4.66. The molecule has 1 heterocycles. The van der Waals surface area contributed by atoms with Gasteiger partial charge < -0.3 is 5.73 Å². The molecular weight excluding hydrogens is 234 g/mol. The predicted octanol–water partition coefficient (Wildman–Crippen LogP) is 1.15. The highest BCUT2D eigenvalue weighted by molar-refractivity contribution is 7.99. The van der Waals surface area contributed by atoms with E-state index in [4.69, 9.17) is 5.73 Å². The van der Waals surface area contributed by atoms with Gasteiger partial charge >= 0.3 is 0 Å². The molecule has 1 aliphatic rings. The average molecular weight is 255 g/mol. The molecule has 2 N–H and O–H groups in total. The Hall–Kier alpha value is -0.620. The zero-order chi connectivity index (χ0) is 12.1. The molecule has 5 nitrogen and oxygen atoms in total. The van der Waals surface area contributed by atoms with Crippen molar-refractivity contribution in [1.82, 2.24) is 20.2 Å². The van der Waals surface area contributed by atoms with Crippen molar-refractivity contribution in [2.45, 2.75) is 49.8 Å². The maximum Gasteiger partial charge on any atom is 0.176 e. The van der Waals surface area contributed by atoms with Crippen LogP contribution in [0, 0.1) is 0 Å². The van der Waals surface area contributed by atoms with Crippen molar-refractivity contribution in [3.05, 3.63) is 5.82 Å². The first kappa shape index (κ1) is 12.8. The van der Waals surface area contributed by atoms with Crippen LogP contribution in [0.2, 0.25) is 0 Å². The van der Waals surface area contributed by atoms with Gasteiger partial charge in [-0.25, -0.2) is 0 Å². The fourth-order valence-electron chi connectivity index (χ4n) is 2.19. The second-order valence-corrected chi connectivity index (χ2v) is 6.09. The lowest BCUT2D eigenvalue weighted by Crippen LogP contribution is -2.27. The summed E-state index contributed by atoms with van der Waals surface area (Å²) in [7, 11) is 1.78. The van der Waals surface area contributed by atoms with Gasteiger partial charge in [-0.15, -0.1) is 10.2 Å². The van der Waals surface area contributed by atoms with Gasteiger partial charge in [0.05, 0.1) is 7.05 Å². The molecule has 1 aromatic rings. The van der Waals surface area contributed by atoms with E-state index >= 15 is 0 Å². The van der Waals surface area contributed by atoms with Crippen LogP contribution >= 0.6 is 11.8 Å². The maximum atomic E-state index is 6.09. The number of nitrogens with zero attached hydrogens (tertiary/aromatic N) is 4. The van der Waals surface area contributed by atoms with Crippen molar-refractivity contribution in [3.63, 3.8) is 0 Å². The van der Waals surface area contributed by atoms with Gasteiger partial charge in [-0.1, -0.05) is 19.3 Å². The topological polar surface area (TPSA) is 69.6 Å². The van der Waals surface area contributed by atoms with Crippen LogP contribution in [-0.2, 0) is 13.5 Å². The monoisotopic (exact) mass is 255 g/mol. The Balaban J connectivity index is 1.68. The molecule has 0 saturated heterocycles. The summed E-state index contributed by atoms with van der Waals surface area (Å²) in [6.45, 7) is 0. The highest BCUT2D eigenvalue weighted by Crippen LogP contribution is 2.28. The summed E-state index contributed by atoms with van der Waals surface area (Å²) in [5.74, 6) is 1.76. The molecular formula is C11H21N5S. The van der Waals surface area contributed by atoms with E-state index < -0.39 is 0 Å². The first-order chi connectivity index (χ1) is 8.24. The second-order valence-electron chi connectivity index (χ2n) is 4.75. The fraction of sp³-hybridized carbons (Fsp3) is 0.909. The number of aryl methyl sites for hydroxylation is 1. The quantitative estimate of drug-likeness (QED) is 0.854. The molecule has 6 heteroatoms. The Morgan fingerprint density at radius 3 is 2.82 bits per heavy atom. The van der Waals surface area contributed by atoms with Gasteiger partial charge in [-0.3, -0.25) is 0 Å². The van der Waals surface area contributed by atoms with Crippen molar-refractivity contribution >= 4 is 11.8 Å². The Morgan fingerprint density at radius 1 is 1.41 bits per heavy atom. The zero-order valence-electron chi connectivity index (χ0n) is 10.4. The average Bonchev–Trinajstić information content (AvgIpc) is 2.73. The number of tetrazole rings is 1. The van der Waals surface area contributed by atoms with E-state index in [-0.39, 0.29) is 6.04 Å². The molecule has 2 rings (SSSR count). The number of rotatable bonds is 5. The van der Waals surface area contributed by atoms with Crippen molar-refractivity contribution in [2.75, 3.05) is 5.75 Å². The van der Waals surface area contributed by atoms with Crippen LogP contribution in [0.3, 0.4) is 0 Å². The van der Waals surface area contributed by atoms with Crippen molar-refractivity contribution in [1.29, 1.82) is 0 Å². The van der Waals surface area contributed by atoms with E-state index in [0.717, 1.165) is 23.2 Å². The normalized spacial score (nSPS) is 19.4. The van der Waals surface area contributed by atoms with Crippen molar-refractivity contribution < 1.29 is 0 Å². The van der Waals surface area contributed by atoms with Crippen molar-refractivity contribution in [3.8, 4) is 0 Å². The van der Waals surface area contributed by atoms with E-state index in [1.54, 1.807) is 7.05 Å². The molecule has 1 aliphatic carbocycles. The highest BCUT2D eigenvalue weighted by Gasteiger charge is 2.16. The minimum atomic E-state index is 0.145. The molecule has 0 aromatic carbocycles. The van der Waals surface area contributed by atoms with Crippen LogP contribution in [0.5, 0.6) is 0 Å². The van der Waals surface area contributed by atoms with Gasteiger partial charge in [0, 0.05) is 23.5 Å². The van der Waals surface area contributed by atoms with Crippen molar-refractivity contribution in [2.24, 2.45) is 12.8 Å². The third-order valence-electron chi connectivity index (χ3n) is 3.09. The zero-order valence-corrected chi connectivity index (χ0v) is 11.2. The molecule has 0 aliphatic heterocycles. The van der Waals surface area contributed by atoms with Crippen LogP contribution in [0.15, 0.2) is 0 Å². The molecule has 0 bridgehead atoms. The van der Waals surface area contributed by atoms with Crippen LogP contribution < -0.4 is 5.73 Å². The van der Waals surface area contributed by atoms with E-state index in [0.29, 0.717) is 0 Å². The lowest BCUT2D eigenvalue weighted by Gasteiger charge is -2.22. The van der Waals surface area contributed by atoms with Crippen LogP contribution in [0.1, 0.15) is 37.9 Å². The van der Waals surface area contributed by atoms with Crippen LogP contribution in [0.4, 0.5) is 0 Å². The van der Waals surface area contributed by atoms with Crippen LogP contribution in [-0.4, -0.2) is 37.3 Å². The van der Waals surface area contributed by atoms with Gasteiger partial charge in [0.25, 0.3) is 0 Å². The maximum absolute atomic E-state index is 6.09.